The first-order valence-electron chi connectivity index (χ1n) is 4.80. The zero-order valence-electron chi connectivity index (χ0n) is 9.39. The molecule has 0 atom stereocenters. The minimum Gasteiger partial charge on any atom is -0.497 e. The van der Waals surface area contributed by atoms with Gasteiger partial charge in [-0.25, -0.2) is 0 Å². The summed E-state index contributed by atoms with van der Waals surface area (Å²) in [5.74, 6) is -0.227. The van der Waals surface area contributed by atoms with Crippen LogP contribution in [0.15, 0.2) is 28.9 Å². The SMILES string of the molecule is COc1ccc2occ(OS(=O)(=O)C(F)(F)F)c2c1. The molecule has 0 aliphatic heterocycles. The molecular formula is C10H7F3O5S. The highest BCUT2D eigenvalue weighted by molar-refractivity contribution is 7.88. The van der Waals surface area contributed by atoms with Crippen LogP contribution in [0.4, 0.5) is 13.2 Å². The quantitative estimate of drug-likeness (QED) is 0.643. The highest BCUT2D eigenvalue weighted by Gasteiger charge is 2.49. The van der Waals surface area contributed by atoms with Crippen molar-refractivity contribution >= 4 is 21.1 Å². The third-order valence-corrected chi connectivity index (χ3v) is 3.19. The molecular weight excluding hydrogens is 289 g/mol. The predicted octanol–water partition coefficient (Wildman–Crippen LogP) is 2.67. The number of methoxy groups -OCH3 is 1. The number of furan rings is 1. The Kier molecular flexibility index (Phi) is 3.09. The molecule has 2 aromatic rings. The number of rotatable bonds is 3. The maximum atomic E-state index is 12.2. The number of halogens is 3. The van der Waals surface area contributed by atoms with Gasteiger partial charge in [0.25, 0.3) is 0 Å². The second kappa shape index (κ2) is 4.34. The minimum absolute atomic E-state index is 0.0622. The molecule has 0 spiro atoms. The standard InChI is InChI=1S/C10H7F3O5S/c1-16-6-2-3-8-7(4-6)9(5-17-8)18-19(14,15)10(11,12)13/h2-5H,1H3. The van der Waals surface area contributed by atoms with Gasteiger partial charge >= 0.3 is 15.6 Å². The number of benzene rings is 1. The zero-order valence-corrected chi connectivity index (χ0v) is 10.2. The fourth-order valence-corrected chi connectivity index (χ4v) is 1.80. The zero-order chi connectivity index (χ0) is 14.3. The van der Waals surface area contributed by atoms with Crippen LogP contribution in [0.1, 0.15) is 0 Å². The van der Waals surface area contributed by atoms with Crippen molar-refractivity contribution in [2.24, 2.45) is 0 Å². The normalized spacial score (nSPS) is 12.6. The lowest BCUT2D eigenvalue weighted by atomic mass is 10.2. The van der Waals surface area contributed by atoms with Crippen molar-refractivity contribution < 1.29 is 34.9 Å². The van der Waals surface area contributed by atoms with Crippen LogP contribution >= 0.6 is 0 Å². The molecule has 0 saturated carbocycles. The molecule has 0 bridgehead atoms. The van der Waals surface area contributed by atoms with Gasteiger partial charge in [-0.3, -0.25) is 0 Å². The van der Waals surface area contributed by atoms with Crippen LogP contribution in [0.2, 0.25) is 0 Å². The molecule has 1 heterocycles. The van der Waals surface area contributed by atoms with E-state index in [1.54, 1.807) is 0 Å². The maximum Gasteiger partial charge on any atom is 0.534 e. The fraction of sp³-hybridized carbons (Fsp3) is 0.200. The summed E-state index contributed by atoms with van der Waals surface area (Å²) in [5.41, 5.74) is -5.33. The number of fused-ring (bicyclic) bond motifs is 1. The van der Waals surface area contributed by atoms with Crippen LogP contribution in [0.25, 0.3) is 11.0 Å². The maximum absolute atomic E-state index is 12.2. The Morgan fingerprint density at radius 2 is 1.95 bits per heavy atom. The topological polar surface area (TPSA) is 65.7 Å². The van der Waals surface area contributed by atoms with Gasteiger partial charge in [0, 0.05) is 0 Å². The van der Waals surface area contributed by atoms with Crippen molar-refractivity contribution in [1.82, 2.24) is 0 Å². The monoisotopic (exact) mass is 296 g/mol. The summed E-state index contributed by atoms with van der Waals surface area (Å²) in [7, 11) is -4.38. The van der Waals surface area contributed by atoms with Gasteiger partial charge in [-0.1, -0.05) is 0 Å². The molecule has 19 heavy (non-hydrogen) atoms. The minimum atomic E-state index is -5.73. The number of alkyl halides is 3. The van der Waals surface area contributed by atoms with Gasteiger partial charge in [-0.2, -0.15) is 21.6 Å². The average molecular weight is 296 g/mol. The lowest BCUT2D eigenvalue weighted by molar-refractivity contribution is -0.0499. The first kappa shape index (κ1) is 13.5. The Morgan fingerprint density at radius 3 is 2.53 bits per heavy atom. The Morgan fingerprint density at radius 1 is 1.26 bits per heavy atom. The molecule has 0 saturated heterocycles. The first-order chi connectivity index (χ1) is 8.74. The molecule has 0 aliphatic rings. The van der Waals surface area contributed by atoms with E-state index in [-0.39, 0.29) is 11.0 Å². The van der Waals surface area contributed by atoms with Gasteiger partial charge < -0.3 is 13.3 Å². The number of hydrogen-bond acceptors (Lipinski definition) is 5. The largest absolute Gasteiger partial charge is 0.534 e. The van der Waals surface area contributed by atoms with E-state index in [0.29, 0.717) is 5.75 Å². The van der Waals surface area contributed by atoms with Crippen molar-refractivity contribution in [1.29, 1.82) is 0 Å². The van der Waals surface area contributed by atoms with E-state index in [1.807, 2.05) is 0 Å². The van der Waals surface area contributed by atoms with Crippen LogP contribution in [0, 0.1) is 0 Å². The smallest absolute Gasteiger partial charge is 0.497 e. The van der Waals surface area contributed by atoms with Crippen LogP contribution in [-0.2, 0) is 10.1 Å². The third-order valence-electron chi connectivity index (χ3n) is 2.23. The van der Waals surface area contributed by atoms with Crippen LogP contribution in [0.5, 0.6) is 11.5 Å². The summed E-state index contributed by atoms with van der Waals surface area (Å²) >= 11 is 0. The van der Waals surface area contributed by atoms with E-state index in [9.17, 15) is 21.6 Å². The summed E-state index contributed by atoms with van der Waals surface area (Å²) in [5, 5.41) is 0.0622. The average Bonchev–Trinajstić information content (AvgIpc) is 2.69. The Bertz CT molecular complexity index is 702. The molecule has 5 nitrogen and oxygen atoms in total. The van der Waals surface area contributed by atoms with Crippen LogP contribution in [-0.4, -0.2) is 21.0 Å². The highest BCUT2D eigenvalue weighted by Crippen LogP contribution is 2.34. The van der Waals surface area contributed by atoms with E-state index in [4.69, 9.17) is 9.15 Å². The molecule has 0 fully saturated rings. The molecule has 104 valence electrons. The molecule has 0 radical (unpaired) electrons. The number of hydrogen-bond donors (Lipinski definition) is 0. The molecule has 0 N–H and O–H groups in total. The molecule has 9 heteroatoms. The van der Waals surface area contributed by atoms with E-state index in [0.717, 1.165) is 6.26 Å². The third kappa shape index (κ3) is 2.46. The van der Waals surface area contributed by atoms with Crippen LogP contribution in [0.3, 0.4) is 0 Å². The van der Waals surface area contributed by atoms with Gasteiger partial charge in [0.1, 0.15) is 17.6 Å². The van der Waals surface area contributed by atoms with Crippen molar-refractivity contribution in [2.45, 2.75) is 5.51 Å². The van der Waals surface area contributed by atoms with E-state index < -0.39 is 21.4 Å². The fourth-order valence-electron chi connectivity index (χ4n) is 1.34. The predicted molar refractivity (Wildman–Crippen MR) is 58.4 cm³/mol. The Labute approximate surface area is 105 Å². The van der Waals surface area contributed by atoms with Crippen LogP contribution < -0.4 is 8.92 Å². The summed E-state index contributed by atoms with van der Waals surface area (Å²) in [4.78, 5) is 0. The van der Waals surface area contributed by atoms with Gasteiger partial charge in [0.05, 0.1) is 12.5 Å². The summed E-state index contributed by atoms with van der Waals surface area (Å²) in [6.07, 6.45) is 0.785. The van der Waals surface area contributed by atoms with E-state index in [2.05, 4.69) is 4.18 Å². The van der Waals surface area contributed by atoms with Crippen molar-refractivity contribution in [3.63, 3.8) is 0 Å². The number of ether oxygens (including phenoxy) is 1. The van der Waals surface area contributed by atoms with Gasteiger partial charge in [0.2, 0.25) is 0 Å². The van der Waals surface area contributed by atoms with Crippen molar-refractivity contribution in [2.75, 3.05) is 7.11 Å². The summed E-state index contributed by atoms with van der Waals surface area (Å²) < 4.78 is 72.2. The molecule has 0 aliphatic carbocycles. The molecule has 0 unspecified atom stereocenters. The van der Waals surface area contributed by atoms with Crippen molar-refractivity contribution in [3.8, 4) is 11.5 Å². The second-order valence-corrected chi connectivity index (χ2v) is 4.98. The second-order valence-electron chi connectivity index (χ2n) is 3.45. The summed E-state index contributed by atoms with van der Waals surface area (Å²) in [6, 6.07) is 4.23. The molecule has 0 amide bonds. The van der Waals surface area contributed by atoms with E-state index in [1.165, 1.54) is 25.3 Å². The lowest BCUT2D eigenvalue weighted by Gasteiger charge is -2.07. The lowest BCUT2D eigenvalue weighted by Crippen LogP contribution is -2.27. The Balaban J connectivity index is 2.47. The summed E-state index contributed by atoms with van der Waals surface area (Å²) in [6.45, 7) is 0. The van der Waals surface area contributed by atoms with E-state index >= 15 is 0 Å². The van der Waals surface area contributed by atoms with Gasteiger partial charge in [-0.05, 0) is 18.2 Å². The molecule has 1 aromatic carbocycles. The highest BCUT2D eigenvalue weighted by atomic mass is 32.2. The molecule has 1 aromatic heterocycles. The Hall–Kier alpha value is -1.90. The van der Waals surface area contributed by atoms with Gasteiger partial charge in [0.15, 0.2) is 5.75 Å². The van der Waals surface area contributed by atoms with Gasteiger partial charge in [-0.15, -0.1) is 0 Å². The molecule has 2 rings (SSSR count). The van der Waals surface area contributed by atoms with Crippen molar-refractivity contribution in [3.05, 3.63) is 24.5 Å². The first-order valence-corrected chi connectivity index (χ1v) is 6.21.